The average molecular weight is 133 g/mol. The summed E-state index contributed by atoms with van der Waals surface area (Å²) in [5.41, 5.74) is 2.39. The van der Waals surface area contributed by atoms with Gasteiger partial charge in [-0.3, -0.25) is 0 Å². The van der Waals surface area contributed by atoms with Crippen molar-refractivity contribution in [2.45, 2.75) is 12.8 Å². The van der Waals surface area contributed by atoms with E-state index < -0.39 is 0 Å². The van der Waals surface area contributed by atoms with Gasteiger partial charge in [-0.1, -0.05) is 12.1 Å². The molecule has 1 aliphatic rings. The normalized spacial score (nSPS) is 15.2. The summed E-state index contributed by atoms with van der Waals surface area (Å²) in [4.78, 5) is 0. The van der Waals surface area contributed by atoms with Crippen LogP contribution < -0.4 is 0 Å². The molecule has 1 N–H and O–H groups in total. The topological polar surface area (TPSA) is 20.2 Å². The predicted octanol–water partition coefficient (Wildman–Crippen LogP) is 1.70. The van der Waals surface area contributed by atoms with Gasteiger partial charge in [-0.15, -0.1) is 0 Å². The summed E-state index contributed by atoms with van der Waals surface area (Å²) in [6.07, 6.45) is 4.14. The van der Waals surface area contributed by atoms with Crippen LogP contribution in [-0.4, -0.2) is 5.11 Å². The molecule has 0 saturated carbocycles. The molecule has 1 nitrogen and oxygen atoms in total. The second kappa shape index (κ2) is 2.01. The molecule has 2 rings (SSSR count). The molecule has 0 aromatic heterocycles. The third kappa shape index (κ3) is 0.703. The van der Waals surface area contributed by atoms with Crippen LogP contribution in [0.1, 0.15) is 11.1 Å². The second-order valence-electron chi connectivity index (χ2n) is 2.61. The lowest BCUT2D eigenvalue weighted by Crippen LogP contribution is -1.80. The zero-order valence-electron chi connectivity index (χ0n) is 5.67. The van der Waals surface area contributed by atoms with Crippen LogP contribution in [0.15, 0.2) is 18.2 Å². The van der Waals surface area contributed by atoms with Crippen molar-refractivity contribution in [1.29, 1.82) is 0 Å². The van der Waals surface area contributed by atoms with Crippen LogP contribution in [0.4, 0.5) is 0 Å². The first-order valence-electron chi connectivity index (χ1n) is 3.49. The Morgan fingerprint density at radius 1 is 1.20 bits per heavy atom. The van der Waals surface area contributed by atoms with Gasteiger partial charge in [-0.2, -0.15) is 0 Å². The van der Waals surface area contributed by atoms with E-state index in [9.17, 15) is 5.11 Å². The molecule has 51 valence electrons. The molecule has 0 atom stereocenters. The van der Waals surface area contributed by atoms with Crippen LogP contribution in [0, 0.1) is 6.42 Å². The number of fused-ring (bicyclic) bond motifs is 1. The van der Waals surface area contributed by atoms with Crippen LogP contribution in [0.5, 0.6) is 5.75 Å². The summed E-state index contributed by atoms with van der Waals surface area (Å²) in [6, 6.07) is 5.71. The molecule has 1 aliphatic carbocycles. The smallest absolute Gasteiger partial charge is 0.119 e. The standard InChI is InChI=1S/C9H9O/c10-9-6-2-4-7-3-1-5-8(7)9/h1-2,4,6,10H,3,5H2. The van der Waals surface area contributed by atoms with Crippen molar-refractivity contribution in [1.82, 2.24) is 0 Å². The number of hydrogen-bond donors (Lipinski definition) is 1. The van der Waals surface area contributed by atoms with Gasteiger partial charge in [0, 0.05) is 0 Å². The van der Waals surface area contributed by atoms with E-state index >= 15 is 0 Å². The first kappa shape index (κ1) is 5.78. The molecule has 10 heavy (non-hydrogen) atoms. The largest absolute Gasteiger partial charge is 0.508 e. The maximum Gasteiger partial charge on any atom is 0.119 e. The maximum absolute atomic E-state index is 9.31. The minimum atomic E-state index is 0.450. The van der Waals surface area contributed by atoms with Crippen LogP contribution in [0.25, 0.3) is 0 Å². The van der Waals surface area contributed by atoms with E-state index in [0.29, 0.717) is 5.75 Å². The monoisotopic (exact) mass is 133 g/mol. The lowest BCUT2D eigenvalue weighted by molar-refractivity contribution is 0.470. The van der Waals surface area contributed by atoms with Gasteiger partial charge in [0.15, 0.2) is 0 Å². The van der Waals surface area contributed by atoms with E-state index in [1.807, 2.05) is 6.07 Å². The van der Waals surface area contributed by atoms with Crippen LogP contribution in [-0.2, 0) is 12.8 Å². The van der Waals surface area contributed by atoms with E-state index in [1.165, 1.54) is 5.56 Å². The Kier molecular flexibility index (Phi) is 1.16. The molecule has 1 radical (unpaired) electrons. The number of hydrogen-bond acceptors (Lipinski definition) is 1. The Morgan fingerprint density at radius 3 is 2.90 bits per heavy atom. The van der Waals surface area contributed by atoms with Gasteiger partial charge in [-0.05, 0) is 36.5 Å². The fourth-order valence-corrected chi connectivity index (χ4v) is 1.42. The van der Waals surface area contributed by atoms with Crippen LogP contribution in [0.2, 0.25) is 0 Å². The summed E-state index contributed by atoms with van der Waals surface area (Å²) >= 11 is 0. The summed E-state index contributed by atoms with van der Waals surface area (Å²) in [5, 5.41) is 9.31. The first-order valence-corrected chi connectivity index (χ1v) is 3.49. The first-order chi connectivity index (χ1) is 4.88. The highest BCUT2D eigenvalue weighted by Gasteiger charge is 2.12. The number of phenolic OH excluding ortho intramolecular Hbond substituents is 1. The molecule has 0 spiro atoms. The van der Waals surface area contributed by atoms with Crippen molar-refractivity contribution in [3.63, 3.8) is 0 Å². The van der Waals surface area contributed by atoms with Gasteiger partial charge in [0.1, 0.15) is 5.75 Å². The molecule has 0 fully saturated rings. The van der Waals surface area contributed by atoms with Gasteiger partial charge >= 0.3 is 0 Å². The number of benzene rings is 1. The van der Waals surface area contributed by atoms with Gasteiger partial charge in [0.25, 0.3) is 0 Å². The highest BCUT2D eigenvalue weighted by atomic mass is 16.3. The van der Waals surface area contributed by atoms with Crippen molar-refractivity contribution in [2.75, 3.05) is 0 Å². The second-order valence-corrected chi connectivity index (χ2v) is 2.61. The molecule has 0 unspecified atom stereocenters. The third-order valence-electron chi connectivity index (χ3n) is 1.96. The fraction of sp³-hybridized carbons (Fsp3) is 0.222. The molecule has 0 heterocycles. The SMILES string of the molecule is Oc1cccc2c1C[CH]C2. The molecule has 0 bridgehead atoms. The van der Waals surface area contributed by atoms with Gasteiger partial charge < -0.3 is 5.11 Å². The summed E-state index contributed by atoms with van der Waals surface area (Å²) in [6.45, 7) is 0. The summed E-state index contributed by atoms with van der Waals surface area (Å²) in [5.74, 6) is 0.450. The molecule has 0 saturated heterocycles. The Hall–Kier alpha value is -0.980. The molecular formula is C9H9O. The van der Waals surface area contributed by atoms with Gasteiger partial charge in [0.05, 0.1) is 0 Å². The number of aromatic hydroxyl groups is 1. The van der Waals surface area contributed by atoms with Crippen molar-refractivity contribution in [2.24, 2.45) is 0 Å². The minimum Gasteiger partial charge on any atom is -0.508 e. The highest BCUT2D eigenvalue weighted by Crippen LogP contribution is 2.28. The lowest BCUT2D eigenvalue weighted by Gasteiger charge is -1.99. The fourth-order valence-electron chi connectivity index (χ4n) is 1.42. The van der Waals surface area contributed by atoms with E-state index in [0.717, 1.165) is 18.4 Å². The number of rotatable bonds is 0. The van der Waals surface area contributed by atoms with E-state index in [1.54, 1.807) is 6.07 Å². The van der Waals surface area contributed by atoms with Gasteiger partial charge in [0.2, 0.25) is 0 Å². The van der Waals surface area contributed by atoms with Crippen molar-refractivity contribution in [3.05, 3.63) is 35.7 Å². The lowest BCUT2D eigenvalue weighted by atomic mass is 10.1. The zero-order valence-corrected chi connectivity index (χ0v) is 5.67. The Bertz CT molecular complexity index is 253. The Morgan fingerprint density at radius 2 is 2.10 bits per heavy atom. The van der Waals surface area contributed by atoms with E-state index in [2.05, 4.69) is 12.5 Å². The molecular weight excluding hydrogens is 124 g/mol. The van der Waals surface area contributed by atoms with E-state index in [4.69, 9.17) is 0 Å². The Balaban J connectivity index is 2.59. The summed E-state index contributed by atoms with van der Waals surface area (Å²) < 4.78 is 0. The molecule has 1 aromatic rings. The molecule has 0 aliphatic heterocycles. The third-order valence-corrected chi connectivity index (χ3v) is 1.96. The molecule has 1 aromatic carbocycles. The highest BCUT2D eigenvalue weighted by molar-refractivity contribution is 5.44. The Labute approximate surface area is 60.3 Å². The number of phenols is 1. The predicted molar refractivity (Wildman–Crippen MR) is 39.8 cm³/mol. The van der Waals surface area contributed by atoms with Crippen LogP contribution >= 0.6 is 0 Å². The average Bonchev–Trinajstić information content (AvgIpc) is 2.36. The van der Waals surface area contributed by atoms with Crippen LogP contribution in [0.3, 0.4) is 0 Å². The van der Waals surface area contributed by atoms with E-state index in [-0.39, 0.29) is 0 Å². The minimum absolute atomic E-state index is 0.450. The molecule has 0 amide bonds. The van der Waals surface area contributed by atoms with Crippen molar-refractivity contribution >= 4 is 0 Å². The molecule has 1 heteroatoms. The van der Waals surface area contributed by atoms with Crippen molar-refractivity contribution < 1.29 is 5.11 Å². The zero-order chi connectivity index (χ0) is 6.97. The van der Waals surface area contributed by atoms with Gasteiger partial charge in [-0.25, -0.2) is 0 Å². The maximum atomic E-state index is 9.31. The quantitative estimate of drug-likeness (QED) is 0.571. The summed E-state index contributed by atoms with van der Waals surface area (Å²) in [7, 11) is 0. The van der Waals surface area contributed by atoms with Crippen molar-refractivity contribution in [3.8, 4) is 5.75 Å².